The Hall–Kier alpha value is -4.34. The van der Waals surface area contributed by atoms with Gasteiger partial charge in [0.25, 0.3) is 5.56 Å². The van der Waals surface area contributed by atoms with E-state index in [1.54, 1.807) is 0 Å². The van der Waals surface area contributed by atoms with Gasteiger partial charge in [-0.1, -0.05) is 41.6 Å². The van der Waals surface area contributed by atoms with Crippen molar-refractivity contribution in [3.63, 3.8) is 0 Å². The highest BCUT2D eigenvalue weighted by Gasteiger charge is 2.16. The molecule has 0 bridgehead atoms. The van der Waals surface area contributed by atoms with Crippen molar-refractivity contribution >= 4 is 11.2 Å². The number of ether oxygens (including phenoxy) is 1. The molecular weight excluding hydrogens is 422 g/mol. The van der Waals surface area contributed by atoms with Gasteiger partial charge in [-0.2, -0.15) is 9.67 Å². The minimum Gasteiger partial charge on any atom is -0.494 e. The van der Waals surface area contributed by atoms with E-state index in [0.717, 1.165) is 23.4 Å². The van der Waals surface area contributed by atoms with Gasteiger partial charge in [0.2, 0.25) is 11.7 Å². The van der Waals surface area contributed by atoms with Gasteiger partial charge < -0.3 is 9.26 Å². The fourth-order valence-corrected chi connectivity index (χ4v) is 3.45. The molecule has 0 saturated heterocycles. The lowest BCUT2D eigenvalue weighted by molar-refractivity contribution is 0.340. The van der Waals surface area contributed by atoms with Crippen molar-refractivity contribution in [2.45, 2.75) is 26.8 Å². The fraction of sp³-hybridized carbons (Fsp3) is 0.217. The predicted molar refractivity (Wildman–Crippen MR) is 120 cm³/mol. The van der Waals surface area contributed by atoms with E-state index in [9.17, 15) is 4.79 Å². The molecular formula is C23H21N7O3. The molecule has 0 aliphatic carbocycles. The zero-order valence-electron chi connectivity index (χ0n) is 18.2. The third-order valence-electron chi connectivity index (χ3n) is 5.22. The first-order valence-electron chi connectivity index (χ1n) is 10.6. The number of hydrogen-bond donors (Lipinski definition) is 0. The summed E-state index contributed by atoms with van der Waals surface area (Å²) in [6.07, 6.45) is 2.39. The molecule has 0 saturated carbocycles. The smallest absolute Gasteiger partial charge is 0.284 e. The molecule has 5 aromatic rings. The van der Waals surface area contributed by atoms with Crippen molar-refractivity contribution in [1.29, 1.82) is 0 Å². The van der Waals surface area contributed by atoms with Crippen LogP contribution in [-0.4, -0.2) is 41.3 Å². The summed E-state index contributed by atoms with van der Waals surface area (Å²) in [5.41, 5.74) is 2.97. The van der Waals surface area contributed by atoms with Crippen LogP contribution in [0.25, 0.3) is 28.2 Å². The Labute approximate surface area is 188 Å². The molecule has 5 rings (SSSR count). The molecule has 3 heterocycles. The van der Waals surface area contributed by atoms with Crippen LogP contribution in [0.4, 0.5) is 0 Å². The van der Waals surface area contributed by atoms with Crippen molar-refractivity contribution in [3.8, 4) is 22.8 Å². The second-order valence-corrected chi connectivity index (χ2v) is 7.34. The number of nitrogens with zero attached hydrogens (tertiary/aromatic N) is 7. The van der Waals surface area contributed by atoms with Crippen LogP contribution in [0, 0.1) is 0 Å². The Kier molecular flexibility index (Phi) is 5.39. The summed E-state index contributed by atoms with van der Waals surface area (Å²) >= 11 is 0. The third kappa shape index (κ3) is 3.98. The molecule has 166 valence electrons. The van der Waals surface area contributed by atoms with E-state index in [1.807, 2.05) is 55.5 Å². The summed E-state index contributed by atoms with van der Waals surface area (Å²) < 4.78 is 13.7. The minimum atomic E-state index is -0.343. The second-order valence-electron chi connectivity index (χ2n) is 7.34. The van der Waals surface area contributed by atoms with Gasteiger partial charge >= 0.3 is 0 Å². The molecule has 10 nitrogen and oxygen atoms in total. The highest BCUT2D eigenvalue weighted by atomic mass is 16.5. The molecule has 33 heavy (non-hydrogen) atoms. The maximum absolute atomic E-state index is 13.0. The van der Waals surface area contributed by atoms with Gasteiger partial charge in [-0.15, -0.1) is 5.10 Å². The molecule has 0 atom stereocenters. The van der Waals surface area contributed by atoms with E-state index < -0.39 is 0 Å². The normalized spacial score (nSPS) is 11.2. The van der Waals surface area contributed by atoms with Gasteiger partial charge in [0.05, 0.1) is 12.3 Å². The Morgan fingerprint density at radius 3 is 2.55 bits per heavy atom. The number of aryl methyl sites for hydroxylation is 1. The molecule has 0 aliphatic rings. The molecule has 0 unspecified atom stereocenters. The van der Waals surface area contributed by atoms with Crippen molar-refractivity contribution in [2.24, 2.45) is 0 Å². The Balaban J connectivity index is 1.40. The quantitative estimate of drug-likeness (QED) is 0.377. The molecule has 0 amide bonds. The van der Waals surface area contributed by atoms with E-state index in [-0.39, 0.29) is 17.6 Å². The van der Waals surface area contributed by atoms with Crippen LogP contribution in [0.1, 0.15) is 25.3 Å². The van der Waals surface area contributed by atoms with Crippen LogP contribution < -0.4 is 10.3 Å². The van der Waals surface area contributed by atoms with Gasteiger partial charge in [0, 0.05) is 5.56 Å². The van der Waals surface area contributed by atoms with Crippen LogP contribution in [-0.2, 0) is 13.0 Å². The summed E-state index contributed by atoms with van der Waals surface area (Å²) in [6, 6.07) is 15.3. The summed E-state index contributed by atoms with van der Waals surface area (Å²) in [4.78, 5) is 21.8. The number of hydrogen-bond acceptors (Lipinski definition) is 8. The van der Waals surface area contributed by atoms with Crippen molar-refractivity contribution in [3.05, 3.63) is 76.7 Å². The van der Waals surface area contributed by atoms with Crippen LogP contribution in [0.2, 0.25) is 0 Å². The molecule has 0 N–H and O–H groups in total. The van der Waals surface area contributed by atoms with E-state index in [4.69, 9.17) is 9.26 Å². The molecule has 0 radical (unpaired) electrons. The fourth-order valence-electron chi connectivity index (χ4n) is 3.45. The number of benzene rings is 2. The van der Waals surface area contributed by atoms with Crippen molar-refractivity contribution in [1.82, 2.24) is 34.7 Å². The Bertz CT molecular complexity index is 1450. The maximum Gasteiger partial charge on any atom is 0.284 e. The topological polar surface area (TPSA) is 114 Å². The minimum absolute atomic E-state index is 0.0811. The standard InChI is InChI=1S/C23H21N7O3/c1-3-15-5-7-16(8-6-15)21-25-19(33-27-21)13-29-14-24-22-20(23(29)31)26-28-30(22)17-9-11-18(12-10-17)32-4-2/h5-12,14H,3-4,13H2,1-2H3. The molecule has 0 aliphatic heterocycles. The third-order valence-corrected chi connectivity index (χ3v) is 5.22. The molecule has 10 heteroatoms. The van der Waals surface area contributed by atoms with Gasteiger partial charge in [-0.3, -0.25) is 9.36 Å². The Morgan fingerprint density at radius 1 is 1.03 bits per heavy atom. The Morgan fingerprint density at radius 2 is 1.82 bits per heavy atom. The summed E-state index contributed by atoms with van der Waals surface area (Å²) in [6.45, 7) is 4.68. The van der Waals surface area contributed by atoms with Gasteiger partial charge in [-0.25, -0.2) is 4.98 Å². The lowest BCUT2D eigenvalue weighted by Crippen LogP contribution is -2.21. The molecule has 2 aromatic carbocycles. The average Bonchev–Trinajstić information content (AvgIpc) is 3.49. The zero-order chi connectivity index (χ0) is 22.8. The largest absolute Gasteiger partial charge is 0.494 e. The monoisotopic (exact) mass is 443 g/mol. The van der Waals surface area contributed by atoms with Crippen molar-refractivity contribution < 1.29 is 9.26 Å². The lowest BCUT2D eigenvalue weighted by atomic mass is 10.1. The summed E-state index contributed by atoms with van der Waals surface area (Å²) in [5, 5.41) is 12.2. The molecule has 0 spiro atoms. The van der Waals surface area contributed by atoms with Crippen molar-refractivity contribution in [2.75, 3.05) is 6.61 Å². The van der Waals surface area contributed by atoms with Crippen LogP contribution in [0.3, 0.4) is 0 Å². The molecule has 3 aromatic heterocycles. The van der Waals surface area contributed by atoms with E-state index >= 15 is 0 Å². The summed E-state index contributed by atoms with van der Waals surface area (Å²) in [5.74, 6) is 1.52. The van der Waals surface area contributed by atoms with Crippen LogP contribution >= 0.6 is 0 Å². The van der Waals surface area contributed by atoms with Crippen LogP contribution in [0.15, 0.2) is 64.2 Å². The summed E-state index contributed by atoms with van der Waals surface area (Å²) in [7, 11) is 0. The average molecular weight is 443 g/mol. The first kappa shape index (κ1) is 20.6. The van der Waals surface area contributed by atoms with Gasteiger partial charge in [0.15, 0.2) is 11.2 Å². The zero-order valence-corrected chi connectivity index (χ0v) is 18.2. The highest BCUT2D eigenvalue weighted by molar-refractivity contribution is 5.70. The van der Waals surface area contributed by atoms with E-state index in [1.165, 1.54) is 21.1 Å². The van der Waals surface area contributed by atoms with E-state index in [0.29, 0.717) is 24.0 Å². The predicted octanol–water partition coefficient (Wildman–Crippen LogP) is 3.04. The number of aromatic nitrogens is 7. The van der Waals surface area contributed by atoms with Gasteiger partial charge in [-0.05, 0) is 43.2 Å². The number of fused-ring (bicyclic) bond motifs is 1. The van der Waals surface area contributed by atoms with Crippen LogP contribution in [0.5, 0.6) is 5.75 Å². The molecule has 0 fully saturated rings. The lowest BCUT2D eigenvalue weighted by Gasteiger charge is -2.05. The first-order valence-corrected chi connectivity index (χ1v) is 10.6. The SMILES string of the molecule is CCOc1ccc(-n2nnc3c(=O)n(Cc4nc(-c5ccc(CC)cc5)no4)cnc32)cc1. The second kappa shape index (κ2) is 8.65. The van der Waals surface area contributed by atoms with E-state index in [2.05, 4.69) is 32.4 Å². The maximum atomic E-state index is 13.0. The number of rotatable bonds is 7. The first-order chi connectivity index (χ1) is 16.2. The highest BCUT2D eigenvalue weighted by Crippen LogP contribution is 2.18. The van der Waals surface area contributed by atoms with Gasteiger partial charge in [0.1, 0.15) is 18.6 Å².